The molecule has 2 aromatic carbocycles. The van der Waals surface area contributed by atoms with Gasteiger partial charge in [-0.3, -0.25) is 0 Å². The van der Waals surface area contributed by atoms with Crippen LogP contribution in [-0.4, -0.2) is 39.9 Å². The van der Waals surface area contributed by atoms with Crippen LogP contribution in [0.4, 0.5) is 4.79 Å². The van der Waals surface area contributed by atoms with Gasteiger partial charge in [-0.2, -0.15) is 0 Å². The van der Waals surface area contributed by atoms with E-state index in [-0.39, 0.29) is 11.4 Å². The molecule has 2 rings (SSSR count). The molecule has 0 saturated carbocycles. The number of hydrogen-bond donors (Lipinski definition) is 2. The molecule has 0 aromatic heterocycles. The fraction of sp³-hybridized carbons (Fsp3) is 0.458. The Kier molecular flexibility index (Phi) is 8.84. The van der Waals surface area contributed by atoms with Crippen LogP contribution in [0.3, 0.4) is 0 Å². The molecule has 0 aliphatic rings. The standard InChI is InChI=1S/C24H34N2O4/c1-24(2,3)19-8-10-20(11-9-19)30-16-6-14-25-23(27)26-15-13-18-7-12-21(28-4)22(17-18)29-5/h7-12,17H,6,13-16H2,1-5H3,(H2,25,26,27). The summed E-state index contributed by atoms with van der Waals surface area (Å²) in [6.45, 7) is 8.22. The molecule has 0 spiro atoms. The molecule has 2 N–H and O–H groups in total. The lowest BCUT2D eigenvalue weighted by molar-refractivity contribution is 0.239. The van der Waals surface area contributed by atoms with E-state index < -0.39 is 0 Å². The van der Waals surface area contributed by atoms with Crippen LogP contribution in [0.2, 0.25) is 0 Å². The summed E-state index contributed by atoms with van der Waals surface area (Å²) in [6.07, 6.45) is 1.45. The molecular weight excluding hydrogens is 380 g/mol. The largest absolute Gasteiger partial charge is 0.494 e. The van der Waals surface area contributed by atoms with Crippen molar-refractivity contribution in [3.8, 4) is 17.2 Å². The van der Waals surface area contributed by atoms with E-state index in [1.807, 2.05) is 30.3 Å². The molecule has 2 amide bonds. The number of urea groups is 1. The van der Waals surface area contributed by atoms with Gasteiger partial charge < -0.3 is 24.8 Å². The molecule has 6 nitrogen and oxygen atoms in total. The van der Waals surface area contributed by atoms with Crippen LogP contribution in [0.1, 0.15) is 38.3 Å². The predicted octanol–water partition coefficient (Wildman–Crippen LogP) is 4.31. The van der Waals surface area contributed by atoms with E-state index in [0.717, 1.165) is 17.7 Å². The van der Waals surface area contributed by atoms with E-state index in [2.05, 4.69) is 43.5 Å². The topological polar surface area (TPSA) is 68.8 Å². The number of benzene rings is 2. The van der Waals surface area contributed by atoms with E-state index in [4.69, 9.17) is 14.2 Å². The number of hydrogen-bond acceptors (Lipinski definition) is 4. The Morgan fingerprint density at radius 3 is 2.20 bits per heavy atom. The maximum atomic E-state index is 11.9. The molecule has 0 aliphatic heterocycles. The highest BCUT2D eigenvalue weighted by Crippen LogP contribution is 2.27. The zero-order valence-corrected chi connectivity index (χ0v) is 18.7. The highest BCUT2D eigenvalue weighted by molar-refractivity contribution is 5.73. The Bertz CT molecular complexity index is 798. The van der Waals surface area contributed by atoms with Crippen LogP contribution in [0, 0.1) is 0 Å². The van der Waals surface area contributed by atoms with Crippen molar-refractivity contribution in [1.29, 1.82) is 0 Å². The molecule has 0 unspecified atom stereocenters. The highest BCUT2D eigenvalue weighted by atomic mass is 16.5. The van der Waals surface area contributed by atoms with Crippen molar-refractivity contribution in [2.75, 3.05) is 33.9 Å². The number of nitrogens with one attached hydrogen (secondary N) is 2. The van der Waals surface area contributed by atoms with Crippen molar-refractivity contribution in [3.05, 3.63) is 53.6 Å². The number of carbonyl (C=O) groups is 1. The van der Waals surface area contributed by atoms with Gasteiger partial charge in [-0.05, 0) is 53.6 Å². The van der Waals surface area contributed by atoms with Gasteiger partial charge in [-0.25, -0.2) is 4.79 Å². The molecule has 0 heterocycles. The Labute approximate surface area is 179 Å². The summed E-state index contributed by atoms with van der Waals surface area (Å²) in [5.41, 5.74) is 2.48. The molecule has 0 atom stereocenters. The number of amides is 2. The summed E-state index contributed by atoms with van der Waals surface area (Å²) >= 11 is 0. The van der Waals surface area contributed by atoms with E-state index >= 15 is 0 Å². The third kappa shape index (κ3) is 7.50. The quantitative estimate of drug-likeness (QED) is 0.569. The van der Waals surface area contributed by atoms with Gasteiger partial charge in [0.15, 0.2) is 11.5 Å². The summed E-state index contributed by atoms with van der Waals surface area (Å²) in [5, 5.41) is 5.71. The molecule has 164 valence electrons. The molecule has 30 heavy (non-hydrogen) atoms. The second-order valence-electron chi connectivity index (χ2n) is 8.10. The molecule has 0 fully saturated rings. The first-order valence-corrected chi connectivity index (χ1v) is 10.3. The third-order valence-corrected chi connectivity index (χ3v) is 4.74. The van der Waals surface area contributed by atoms with E-state index in [1.165, 1.54) is 5.56 Å². The molecule has 0 radical (unpaired) electrons. The molecular formula is C24H34N2O4. The minimum absolute atomic E-state index is 0.134. The Morgan fingerprint density at radius 1 is 0.900 bits per heavy atom. The number of rotatable bonds is 10. The molecule has 0 aliphatic carbocycles. The normalized spacial score (nSPS) is 11.0. The molecule has 2 aromatic rings. The van der Waals surface area contributed by atoms with Crippen molar-refractivity contribution < 1.29 is 19.0 Å². The first kappa shape index (κ1) is 23.4. The fourth-order valence-corrected chi connectivity index (χ4v) is 2.93. The van der Waals surface area contributed by atoms with E-state index in [1.54, 1.807) is 14.2 Å². The summed E-state index contributed by atoms with van der Waals surface area (Å²) in [4.78, 5) is 11.9. The smallest absolute Gasteiger partial charge is 0.314 e. The second kappa shape index (κ2) is 11.3. The van der Waals surface area contributed by atoms with Crippen LogP contribution in [0.25, 0.3) is 0 Å². The summed E-state index contributed by atoms with van der Waals surface area (Å²) in [7, 11) is 3.22. The van der Waals surface area contributed by atoms with Crippen LogP contribution in [0.5, 0.6) is 17.2 Å². The highest BCUT2D eigenvalue weighted by Gasteiger charge is 2.12. The monoisotopic (exact) mass is 414 g/mol. The van der Waals surface area contributed by atoms with Gasteiger partial charge in [0, 0.05) is 13.1 Å². The van der Waals surface area contributed by atoms with Crippen molar-refractivity contribution >= 4 is 6.03 Å². The summed E-state index contributed by atoms with van der Waals surface area (Å²) in [5.74, 6) is 2.23. The van der Waals surface area contributed by atoms with Crippen LogP contribution < -0.4 is 24.8 Å². The summed E-state index contributed by atoms with van der Waals surface area (Å²) < 4.78 is 16.3. The summed E-state index contributed by atoms with van der Waals surface area (Å²) in [6, 6.07) is 13.8. The van der Waals surface area contributed by atoms with Gasteiger partial charge in [-0.1, -0.05) is 39.0 Å². The van der Waals surface area contributed by atoms with Crippen molar-refractivity contribution in [3.63, 3.8) is 0 Å². The van der Waals surface area contributed by atoms with Crippen LogP contribution in [-0.2, 0) is 11.8 Å². The van der Waals surface area contributed by atoms with Gasteiger partial charge in [0.05, 0.1) is 20.8 Å². The minimum atomic E-state index is -0.176. The molecule has 0 bridgehead atoms. The SMILES string of the molecule is COc1ccc(CCNC(=O)NCCCOc2ccc(C(C)(C)C)cc2)cc1OC. The zero-order chi connectivity index (χ0) is 22.0. The number of carbonyl (C=O) groups excluding carboxylic acids is 1. The Morgan fingerprint density at radius 2 is 1.57 bits per heavy atom. The first-order chi connectivity index (χ1) is 14.3. The van der Waals surface area contributed by atoms with Gasteiger partial charge in [0.25, 0.3) is 0 Å². The number of ether oxygens (including phenoxy) is 3. The Balaban J connectivity index is 1.60. The van der Waals surface area contributed by atoms with Crippen molar-refractivity contribution in [2.24, 2.45) is 0 Å². The van der Waals surface area contributed by atoms with Crippen LogP contribution in [0.15, 0.2) is 42.5 Å². The Hall–Kier alpha value is -2.89. The van der Waals surface area contributed by atoms with Gasteiger partial charge >= 0.3 is 6.03 Å². The zero-order valence-electron chi connectivity index (χ0n) is 18.7. The lowest BCUT2D eigenvalue weighted by atomic mass is 9.87. The first-order valence-electron chi connectivity index (χ1n) is 10.3. The fourth-order valence-electron chi connectivity index (χ4n) is 2.93. The third-order valence-electron chi connectivity index (χ3n) is 4.74. The van der Waals surface area contributed by atoms with Gasteiger partial charge in [-0.15, -0.1) is 0 Å². The second-order valence-corrected chi connectivity index (χ2v) is 8.10. The average Bonchev–Trinajstić information content (AvgIpc) is 2.73. The van der Waals surface area contributed by atoms with E-state index in [9.17, 15) is 4.79 Å². The molecule has 6 heteroatoms. The van der Waals surface area contributed by atoms with Crippen LogP contribution >= 0.6 is 0 Å². The van der Waals surface area contributed by atoms with Crippen molar-refractivity contribution in [1.82, 2.24) is 10.6 Å². The van der Waals surface area contributed by atoms with Crippen molar-refractivity contribution in [2.45, 2.75) is 39.0 Å². The lowest BCUT2D eigenvalue weighted by Gasteiger charge is -2.19. The van der Waals surface area contributed by atoms with Gasteiger partial charge in [0.2, 0.25) is 0 Å². The average molecular weight is 415 g/mol. The minimum Gasteiger partial charge on any atom is -0.494 e. The van der Waals surface area contributed by atoms with E-state index in [0.29, 0.717) is 37.6 Å². The maximum Gasteiger partial charge on any atom is 0.314 e. The van der Waals surface area contributed by atoms with Gasteiger partial charge in [0.1, 0.15) is 5.75 Å². The lowest BCUT2D eigenvalue weighted by Crippen LogP contribution is -2.37. The number of methoxy groups -OCH3 is 2. The maximum absolute atomic E-state index is 11.9. The molecule has 0 saturated heterocycles. The predicted molar refractivity (Wildman–Crippen MR) is 120 cm³/mol.